The van der Waals surface area contributed by atoms with Crippen molar-refractivity contribution in [2.45, 2.75) is 25.8 Å². The van der Waals surface area contributed by atoms with Gasteiger partial charge in [-0.25, -0.2) is 14.4 Å². The standard InChI is InChI=1S/C13H21N3O5/c1-2-21-13(20)15-8-6-14(7-9-15)12(19)16-5-3-4-10(16)11(17)18/h10H,2-9H2,1H3,(H,17,18). The first-order valence-corrected chi connectivity index (χ1v) is 7.24. The lowest BCUT2D eigenvalue weighted by molar-refractivity contribution is -0.141. The number of piperazine rings is 1. The zero-order chi connectivity index (χ0) is 15.4. The van der Waals surface area contributed by atoms with Crippen molar-refractivity contribution >= 4 is 18.1 Å². The summed E-state index contributed by atoms with van der Waals surface area (Å²) in [4.78, 5) is 39.7. The van der Waals surface area contributed by atoms with Gasteiger partial charge in [-0.05, 0) is 19.8 Å². The SMILES string of the molecule is CCOC(=O)N1CCN(C(=O)N2CCCC2C(=O)O)CC1. The molecule has 0 spiro atoms. The monoisotopic (exact) mass is 299 g/mol. The van der Waals surface area contributed by atoms with E-state index in [4.69, 9.17) is 9.84 Å². The highest BCUT2D eigenvalue weighted by atomic mass is 16.6. The van der Waals surface area contributed by atoms with Gasteiger partial charge < -0.3 is 24.5 Å². The summed E-state index contributed by atoms with van der Waals surface area (Å²) in [5.74, 6) is -0.953. The van der Waals surface area contributed by atoms with E-state index in [1.165, 1.54) is 4.90 Å². The average Bonchev–Trinajstić information content (AvgIpc) is 2.96. The summed E-state index contributed by atoms with van der Waals surface area (Å²) >= 11 is 0. The maximum Gasteiger partial charge on any atom is 0.409 e. The third-order valence-electron chi connectivity index (χ3n) is 3.86. The molecule has 0 aliphatic carbocycles. The fourth-order valence-corrected chi connectivity index (χ4v) is 2.73. The largest absolute Gasteiger partial charge is 0.480 e. The van der Waals surface area contributed by atoms with Gasteiger partial charge in [-0.2, -0.15) is 0 Å². The van der Waals surface area contributed by atoms with Crippen molar-refractivity contribution in [2.75, 3.05) is 39.3 Å². The molecule has 2 aliphatic heterocycles. The Morgan fingerprint density at radius 1 is 1.10 bits per heavy atom. The Kier molecular flexibility index (Phi) is 4.87. The van der Waals surface area contributed by atoms with Crippen molar-refractivity contribution in [3.8, 4) is 0 Å². The van der Waals surface area contributed by atoms with Crippen LogP contribution in [0.5, 0.6) is 0 Å². The third-order valence-corrected chi connectivity index (χ3v) is 3.86. The number of aliphatic carboxylic acids is 1. The van der Waals surface area contributed by atoms with Crippen molar-refractivity contribution in [3.05, 3.63) is 0 Å². The van der Waals surface area contributed by atoms with Crippen molar-refractivity contribution in [2.24, 2.45) is 0 Å². The van der Waals surface area contributed by atoms with Gasteiger partial charge in [0.05, 0.1) is 6.61 Å². The maximum atomic E-state index is 12.4. The van der Waals surface area contributed by atoms with Gasteiger partial charge in [-0.15, -0.1) is 0 Å². The smallest absolute Gasteiger partial charge is 0.409 e. The lowest BCUT2D eigenvalue weighted by atomic mass is 10.2. The zero-order valence-electron chi connectivity index (χ0n) is 12.2. The molecule has 0 aromatic carbocycles. The van der Waals surface area contributed by atoms with Crippen LogP contribution in [0.25, 0.3) is 0 Å². The molecule has 0 bridgehead atoms. The fraction of sp³-hybridized carbons (Fsp3) is 0.769. The van der Waals surface area contributed by atoms with Gasteiger partial charge in [0, 0.05) is 32.7 Å². The minimum atomic E-state index is -0.953. The van der Waals surface area contributed by atoms with E-state index in [-0.39, 0.29) is 12.1 Å². The first-order chi connectivity index (χ1) is 10.0. The van der Waals surface area contributed by atoms with E-state index in [2.05, 4.69) is 0 Å². The normalized spacial score (nSPS) is 22.3. The molecule has 2 rings (SSSR count). The molecule has 21 heavy (non-hydrogen) atoms. The first kappa shape index (κ1) is 15.4. The van der Waals surface area contributed by atoms with E-state index < -0.39 is 12.0 Å². The number of rotatable bonds is 2. The maximum absolute atomic E-state index is 12.4. The number of ether oxygens (including phenoxy) is 1. The Morgan fingerprint density at radius 2 is 1.71 bits per heavy atom. The molecule has 2 heterocycles. The van der Waals surface area contributed by atoms with Crippen LogP contribution >= 0.6 is 0 Å². The summed E-state index contributed by atoms with van der Waals surface area (Å²) in [5.41, 5.74) is 0. The molecule has 2 aliphatic rings. The van der Waals surface area contributed by atoms with Gasteiger partial charge in [-0.3, -0.25) is 0 Å². The van der Waals surface area contributed by atoms with E-state index in [1.807, 2.05) is 0 Å². The lowest BCUT2D eigenvalue weighted by Crippen LogP contribution is -2.55. The Balaban J connectivity index is 1.88. The number of amides is 3. The number of likely N-dealkylation sites (tertiary alicyclic amines) is 1. The molecular weight excluding hydrogens is 278 g/mol. The van der Waals surface area contributed by atoms with Gasteiger partial charge in [0.25, 0.3) is 0 Å². The molecule has 0 radical (unpaired) electrons. The predicted molar refractivity (Wildman–Crippen MR) is 72.9 cm³/mol. The minimum absolute atomic E-state index is 0.247. The number of hydrogen-bond acceptors (Lipinski definition) is 4. The Morgan fingerprint density at radius 3 is 2.29 bits per heavy atom. The predicted octanol–water partition coefficient (Wildman–Crippen LogP) is 0.430. The number of carboxylic acids is 1. The molecule has 0 aromatic heterocycles. The van der Waals surface area contributed by atoms with Crippen molar-refractivity contribution in [1.29, 1.82) is 0 Å². The summed E-state index contributed by atoms with van der Waals surface area (Å²) in [6, 6.07) is -0.969. The van der Waals surface area contributed by atoms with E-state index in [0.717, 1.165) is 0 Å². The second kappa shape index (κ2) is 6.64. The van der Waals surface area contributed by atoms with E-state index in [1.54, 1.807) is 16.7 Å². The number of urea groups is 1. The highest BCUT2D eigenvalue weighted by molar-refractivity contribution is 5.83. The zero-order valence-corrected chi connectivity index (χ0v) is 12.2. The molecule has 118 valence electrons. The Labute approximate surface area is 123 Å². The van der Waals surface area contributed by atoms with Crippen molar-refractivity contribution in [1.82, 2.24) is 14.7 Å². The van der Waals surface area contributed by atoms with Crippen molar-refractivity contribution < 1.29 is 24.2 Å². The quantitative estimate of drug-likeness (QED) is 0.798. The fourth-order valence-electron chi connectivity index (χ4n) is 2.73. The summed E-state index contributed by atoms with van der Waals surface area (Å²) in [6.07, 6.45) is 0.851. The van der Waals surface area contributed by atoms with Gasteiger partial charge in [-0.1, -0.05) is 0 Å². The summed E-state index contributed by atoms with van der Waals surface area (Å²) in [7, 11) is 0. The molecule has 8 heteroatoms. The molecule has 1 unspecified atom stereocenters. The molecule has 3 amide bonds. The van der Waals surface area contributed by atoms with Crippen LogP contribution in [0.3, 0.4) is 0 Å². The van der Waals surface area contributed by atoms with Crippen LogP contribution in [0, 0.1) is 0 Å². The van der Waals surface area contributed by atoms with E-state index >= 15 is 0 Å². The Hall–Kier alpha value is -1.99. The van der Waals surface area contributed by atoms with Crippen LogP contribution in [0.1, 0.15) is 19.8 Å². The van der Waals surface area contributed by atoms with Crippen LogP contribution in [0.2, 0.25) is 0 Å². The molecule has 2 fully saturated rings. The van der Waals surface area contributed by atoms with Crippen LogP contribution in [-0.4, -0.2) is 83.3 Å². The van der Waals surface area contributed by atoms with Crippen LogP contribution < -0.4 is 0 Å². The third kappa shape index (κ3) is 3.37. The van der Waals surface area contributed by atoms with Gasteiger partial charge >= 0.3 is 18.1 Å². The molecule has 1 N–H and O–H groups in total. The second-order valence-corrected chi connectivity index (χ2v) is 5.15. The van der Waals surface area contributed by atoms with Gasteiger partial charge in [0.15, 0.2) is 0 Å². The van der Waals surface area contributed by atoms with Crippen LogP contribution in [0.15, 0.2) is 0 Å². The second-order valence-electron chi connectivity index (χ2n) is 5.15. The summed E-state index contributed by atoms with van der Waals surface area (Å²) in [6.45, 7) is 4.18. The summed E-state index contributed by atoms with van der Waals surface area (Å²) in [5, 5.41) is 9.12. The molecule has 2 saturated heterocycles. The molecule has 0 aromatic rings. The topological polar surface area (TPSA) is 90.4 Å². The number of nitrogens with zero attached hydrogens (tertiary/aromatic N) is 3. The highest BCUT2D eigenvalue weighted by Crippen LogP contribution is 2.20. The number of carboxylic acid groups (broad SMARTS) is 1. The van der Waals surface area contributed by atoms with Crippen LogP contribution in [0.4, 0.5) is 9.59 Å². The van der Waals surface area contributed by atoms with E-state index in [9.17, 15) is 14.4 Å². The van der Waals surface area contributed by atoms with Crippen LogP contribution in [-0.2, 0) is 9.53 Å². The number of hydrogen-bond donors (Lipinski definition) is 1. The summed E-state index contributed by atoms with van der Waals surface area (Å²) < 4.78 is 4.92. The molecular formula is C13H21N3O5. The van der Waals surface area contributed by atoms with Gasteiger partial charge in [0.1, 0.15) is 6.04 Å². The first-order valence-electron chi connectivity index (χ1n) is 7.24. The molecule has 0 saturated carbocycles. The lowest BCUT2D eigenvalue weighted by Gasteiger charge is -2.36. The number of carbonyl (C=O) groups excluding carboxylic acids is 2. The average molecular weight is 299 g/mol. The van der Waals surface area contributed by atoms with E-state index in [0.29, 0.717) is 52.2 Å². The molecule has 8 nitrogen and oxygen atoms in total. The Bertz CT molecular complexity index is 420. The van der Waals surface area contributed by atoms with Gasteiger partial charge in [0.2, 0.25) is 0 Å². The number of carbonyl (C=O) groups is 3. The van der Waals surface area contributed by atoms with Crippen molar-refractivity contribution in [3.63, 3.8) is 0 Å². The molecule has 1 atom stereocenters. The highest BCUT2D eigenvalue weighted by Gasteiger charge is 2.37. The minimum Gasteiger partial charge on any atom is -0.480 e.